The van der Waals surface area contributed by atoms with Gasteiger partial charge in [0.2, 0.25) is 5.89 Å². The van der Waals surface area contributed by atoms with E-state index in [1.165, 1.54) is 29.5 Å². The number of rotatable bonds is 7. The Labute approximate surface area is 149 Å². The van der Waals surface area contributed by atoms with Gasteiger partial charge in [0.15, 0.2) is 0 Å². The van der Waals surface area contributed by atoms with E-state index in [0.29, 0.717) is 23.3 Å². The third kappa shape index (κ3) is 4.67. The molecule has 1 aromatic heterocycles. The molecular weight excluding hydrogens is 338 g/mol. The number of nitro groups is 1. The van der Waals surface area contributed by atoms with Crippen molar-refractivity contribution in [2.24, 2.45) is 0 Å². The highest BCUT2D eigenvalue weighted by molar-refractivity contribution is 7.98. The molecule has 0 unspecified atom stereocenters. The molecule has 2 aromatic carbocycles. The summed E-state index contributed by atoms with van der Waals surface area (Å²) >= 11 is 1.42. The van der Waals surface area contributed by atoms with Crippen molar-refractivity contribution in [3.8, 4) is 0 Å². The maximum absolute atomic E-state index is 10.6. The van der Waals surface area contributed by atoms with E-state index >= 15 is 0 Å². The molecule has 3 rings (SSSR count). The Morgan fingerprint density at radius 1 is 1.00 bits per heavy atom. The average molecular weight is 355 g/mol. The number of hydrogen-bond donors (Lipinski definition) is 0. The van der Waals surface area contributed by atoms with E-state index in [2.05, 4.69) is 41.4 Å². The number of non-ortho nitro benzene ring substituents is 1. The Balaban J connectivity index is 1.56. The first-order chi connectivity index (χ1) is 12.1. The van der Waals surface area contributed by atoms with Gasteiger partial charge in [-0.15, -0.1) is 10.2 Å². The van der Waals surface area contributed by atoms with Crippen molar-refractivity contribution in [3.05, 3.63) is 81.2 Å². The topological polar surface area (TPSA) is 82.1 Å². The van der Waals surface area contributed by atoms with E-state index in [-0.39, 0.29) is 5.69 Å². The molecule has 0 bridgehead atoms. The number of benzene rings is 2. The van der Waals surface area contributed by atoms with Crippen molar-refractivity contribution in [1.29, 1.82) is 0 Å². The van der Waals surface area contributed by atoms with E-state index in [4.69, 9.17) is 4.42 Å². The summed E-state index contributed by atoms with van der Waals surface area (Å²) in [6.45, 7) is 2.13. The monoisotopic (exact) mass is 355 g/mol. The van der Waals surface area contributed by atoms with Gasteiger partial charge in [0.1, 0.15) is 0 Å². The van der Waals surface area contributed by atoms with Gasteiger partial charge in [-0.1, -0.05) is 55.1 Å². The van der Waals surface area contributed by atoms with Crippen LogP contribution in [0.15, 0.2) is 58.2 Å². The van der Waals surface area contributed by atoms with Gasteiger partial charge < -0.3 is 4.42 Å². The Bertz CT molecular complexity index is 845. The Morgan fingerprint density at radius 2 is 1.64 bits per heavy atom. The van der Waals surface area contributed by atoms with Crippen molar-refractivity contribution in [1.82, 2.24) is 10.2 Å². The molecule has 0 aliphatic carbocycles. The summed E-state index contributed by atoms with van der Waals surface area (Å²) in [5.74, 6) is 1.20. The minimum atomic E-state index is -0.408. The van der Waals surface area contributed by atoms with Crippen molar-refractivity contribution in [3.63, 3.8) is 0 Å². The zero-order valence-electron chi connectivity index (χ0n) is 13.7. The van der Waals surface area contributed by atoms with Crippen LogP contribution in [0.4, 0.5) is 5.69 Å². The molecule has 0 saturated carbocycles. The molecule has 6 nitrogen and oxygen atoms in total. The van der Waals surface area contributed by atoms with E-state index in [0.717, 1.165) is 17.5 Å². The SMILES string of the molecule is CCc1ccc(Cc2nnc(SCc3ccc([N+](=O)[O-])cc3)o2)cc1. The molecule has 0 saturated heterocycles. The molecule has 0 N–H and O–H groups in total. The van der Waals surface area contributed by atoms with Crippen molar-refractivity contribution < 1.29 is 9.34 Å². The van der Waals surface area contributed by atoms with Crippen LogP contribution in [0.5, 0.6) is 0 Å². The summed E-state index contributed by atoms with van der Waals surface area (Å²) in [4.78, 5) is 10.2. The minimum absolute atomic E-state index is 0.0860. The van der Waals surface area contributed by atoms with E-state index in [9.17, 15) is 10.1 Å². The number of nitro benzene ring substituents is 1. The van der Waals surface area contributed by atoms with Gasteiger partial charge in [-0.25, -0.2) is 0 Å². The van der Waals surface area contributed by atoms with Crippen molar-refractivity contribution in [2.45, 2.75) is 30.7 Å². The summed E-state index contributed by atoms with van der Waals surface area (Å²) in [6.07, 6.45) is 1.62. The highest BCUT2D eigenvalue weighted by Crippen LogP contribution is 2.23. The molecule has 25 heavy (non-hydrogen) atoms. The molecule has 1 heterocycles. The second-order valence-electron chi connectivity index (χ2n) is 5.52. The predicted octanol–water partition coefficient (Wildman–Crippen LogP) is 4.42. The van der Waals surface area contributed by atoms with Gasteiger partial charge >= 0.3 is 0 Å². The minimum Gasteiger partial charge on any atom is -0.416 e. The number of hydrogen-bond acceptors (Lipinski definition) is 6. The summed E-state index contributed by atoms with van der Waals surface area (Å²) in [5, 5.41) is 19.3. The smallest absolute Gasteiger partial charge is 0.276 e. The lowest BCUT2D eigenvalue weighted by molar-refractivity contribution is -0.384. The maximum Gasteiger partial charge on any atom is 0.276 e. The summed E-state index contributed by atoms with van der Waals surface area (Å²) in [6, 6.07) is 14.8. The molecule has 0 aliphatic rings. The van der Waals surface area contributed by atoms with Gasteiger partial charge in [-0.2, -0.15) is 0 Å². The van der Waals surface area contributed by atoms with E-state index in [1.807, 2.05) is 0 Å². The summed E-state index contributed by atoms with van der Waals surface area (Å²) < 4.78 is 5.66. The first kappa shape index (κ1) is 17.2. The van der Waals surface area contributed by atoms with Crippen LogP contribution in [-0.4, -0.2) is 15.1 Å². The molecule has 0 spiro atoms. The first-order valence-corrected chi connectivity index (χ1v) is 8.89. The van der Waals surface area contributed by atoms with Gasteiger partial charge in [0.25, 0.3) is 10.9 Å². The van der Waals surface area contributed by atoms with Crippen molar-refractivity contribution >= 4 is 17.4 Å². The van der Waals surface area contributed by atoms with Crippen molar-refractivity contribution in [2.75, 3.05) is 0 Å². The normalized spacial score (nSPS) is 10.8. The fraction of sp³-hybridized carbons (Fsp3) is 0.222. The summed E-state index contributed by atoms with van der Waals surface area (Å²) in [7, 11) is 0. The largest absolute Gasteiger partial charge is 0.416 e. The van der Waals surface area contributed by atoms with Gasteiger partial charge in [-0.3, -0.25) is 10.1 Å². The third-order valence-corrected chi connectivity index (χ3v) is 4.63. The molecular formula is C18H17N3O3S. The maximum atomic E-state index is 10.6. The highest BCUT2D eigenvalue weighted by atomic mass is 32.2. The molecule has 0 aliphatic heterocycles. The second kappa shape index (κ2) is 7.94. The molecule has 0 radical (unpaired) electrons. The van der Waals surface area contributed by atoms with Crippen LogP contribution in [0.1, 0.15) is 29.5 Å². The van der Waals surface area contributed by atoms with Crippen LogP contribution >= 0.6 is 11.8 Å². The molecule has 0 fully saturated rings. The number of aryl methyl sites for hydroxylation is 1. The van der Waals surface area contributed by atoms with Crippen LogP contribution in [0, 0.1) is 10.1 Å². The third-order valence-electron chi connectivity index (χ3n) is 3.74. The van der Waals surface area contributed by atoms with E-state index < -0.39 is 4.92 Å². The average Bonchev–Trinajstić information content (AvgIpc) is 3.08. The Morgan fingerprint density at radius 3 is 2.28 bits per heavy atom. The van der Waals surface area contributed by atoms with Crippen LogP contribution in [0.25, 0.3) is 0 Å². The standard InChI is InChI=1S/C18H17N3O3S/c1-2-13-3-5-14(6-4-13)11-17-19-20-18(24-17)25-12-15-7-9-16(10-8-15)21(22)23/h3-10H,2,11-12H2,1H3. The lowest BCUT2D eigenvalue weighted by Crippen LogP contribution is -1.89. The number of nitrogens with zero attached hydrogens (tertiary/aromatic N) is 3. The quantitative estimate of drug-likeness (QED) is 0.354. The Kier molecular flexibility index (Phi) is 5.45. The Hall–Kier alpha value is -2.67. The lowest BCUT2D eigenvalue weighted by atomic mass is 10.1. The van der Waals surface area contributed by atoms with Crippen LogP contribution in [0.3, 0.4) is 0 Å². The summed E-state index contributed by atoms with van der Waals surface area (Å²) in [5.41, 5.74) is 3.48. The first-order valence-electron chi connectivity index (χ1n) is 7.90. The van der Waals surface area contributed by atoms with Crippen LogP contribution in [0.2, 0.25) is 0 Å². The van der Waals surface area contributed by atoms with Gasteiger partial charge in [-0.05, 0) is 23.1 Å². The zero-order valence-corrected chi connectivity index (χ0v) is 14.5. The van der Waals surface area contributed by atoms with E-state index in [1.54, 1.807) is 12.1 Å². The number of thioether (sulfide) groups is 1. The second-order valence-corrected chi connectivity index (χ2v) is 6.45. The van der Waals surface area contributed by atoms with Gasteiger partial charge in [0, 0.05) is 17.9 Å². The lowest BCUT2D eigenvalue weighted by Gasteiger charge is -2.00. The zero-order chi connectivity index (χ0) is 17.6. The molecule has 0 amide bonds. The van der Waals surface area contributed by atoms with Gasteiger partial charge in [0.05, 0.1) is 11.3 Å². The highest BCUT2D eigenvalue weighted by Gasteiger charge is 2.09. The molecule has 3 aromatic rings. The van der Waals surface area contributed by atoms with Crippen LogP contribution < -0.4 is 0 Å². The molecule has 128 valence electrons. The predicted molar refractivity (Wildman–Crippen MR) is 95.6 cm³/mol. The molecule has 0 atom stereocenters. The van der Waals surface area contributed by atoms with Crippen LogP contribution in [-0.2, 0) is 18.6 Å². The fourth-order valence-electron chi connectivity index (χ4n) is 2.29. The molecule has 7 heteroatoms. The fourth-order valence-corrected chi connectivity index (χ4v) is 3.03. The number of aromatic nitrogens is 2.